The highest BCUT2D eigenvalue weighted by Gasteiger charge is 2.25. The van der Waals surface area contributed by atoms with Crippen molar-refractivity contribution in [1.29, 1.82) is 0 Å². The molecule has 1 heteroatoms. The van der Waals surface area contributed by atoms with E-state index in [4.69, 9.17) is 0 Å². The number of anilines is 3. The standard InChI is InChI=1S/C50H33N/c1-3-10-34(11-4-1)36-18-20-37(21-19-36)39-24-28-44(29-25-39)51(43-26-22-38(23-27-43)35-12-5-2-6-13-35)50-17-9-16-42-32-48-46-30-40-14-7-8-15-41(40)31-47(46)49(48)33-45(42)50/h1-33H. The Morgan fingerprint density at radius 1 is 0.255 bits per heavy atom. The molecule has 9 aromatic carbocycles. The smallest absolute Gasteiger partial charge is 0.0540 e. The second-order valence-corrected chi connectivity index (χ2v) is 13.4. The van der Waals surface area contributed by atoms with E-state index in [1.165, 1.54) is 77.2 Å². The molecule has 51 heavy (non-hydrogen) atoms. The van der Waals surface area contributed by atoms with Gasteiger partial charge in [0, 0.05) is 16.8 Å². The van der Waals surface area contributed by atoms with E-state index >= 15 is 0 Å². The van der Waals surface area contributed by atoms with Gasteiger partial charge in [0.2, 0.25) is 0 Å². The fourth-order valence-corrected chi connectivity index (χ4v) is 7.72. The molecule has 0 saturated heterocycles. The first-order valence-corrected chi connectivity index (χ1v) is 17.6. The maximum absolute atomic E-state index is 2.41. The molecule has 0 saturated carbocycles. The van der Waals surface area contributed by atoms with Crippen LogP contribution in [0.15, 0.2) is 200 Å². The minimum atomic E-state index is 1.12. The van der Waals surface area contributed by atoms with E-state index < -0.39 is 0 Å². The summed E-state index contributed by atoms with van der Waals surface area (Å²) in [5, 5.41) is 5.05. The van der Waals surface area contributed by atoms with Gasteiger partial charge >= 0.3 is 0 Å². The van der Waals surface area contributed by atoms with Gasteiger partial charge in [0.05, 0.1) is 5.69 Å². The molecule has 0 fully saturated rings. The Morgan fingerprint density at radius 2 is 0.608 bits per heavy atom. The average molecular weight is 648 g/mol. The summed E-state index contributed by atoms with van der Waals surface area (Å²) in [6.07, 6.45) is 0. The summed E-state index contributed by atoms with van der Waals surface area (Å²) in [4.78, 5) is 2.41. The van der Waals surface area contributed by atoms with Gasteiger partial charge in [0.1, 0.15) is 0 Å². The Morgan fingerprint density at radius 3 is 1.08 bits per heavy atom. The van der Waals surface area contributed by atoms with Crippen molar-refractivity contribution in [3.8, 4) is 55.6 Å². The molecule has 0 spiro atoms. The van der Waals surface area contributed by atoms with E-state index in [1.807, 2.05) is 0 Å². The topological polar surface area (TPSA) is 3.24 Å². The first kappa shape index (κ1) is 29.2. The number of nitrogens with zero attached hydrogens (tertiary/aromatic N) is 1. The van der Waals surface area contributed by atoms with Gasteiger partial charge in [0.15, 0.2) is 0 Å². The van der Waals surface area contributed by atoms with E-state index in [0.717, 1.165) is 17.1 Å². The van der Waals surface area contributed by atoms with Gasteiger partial charge in [-0.3, -0.25) is 0 Å². The van der Waals surface area contributed by atoms with E-state index in [2.05, 4.69) is 205 Å². The Kier molecular flexibility index (Phi) is 6.89. The SMILES string of the molecule is c1ccc(-c2ccc(-c3ccc(N(c4ccc(-c5ccccc5)cc4)c4cccc5cc6c(cc45)-c4cc5ccccc5cc4-6)cc3)cc2)cc1. The van der Waals surface area contributed by atoms with E-state index in [-0.39, 0.29) is 0 Å². The Balaban J connectivity index is 1.07. The minimum absolute atomic E-state index is 1.12. The van der Waals surface area contributed by atoms with Crippen LogP contribution in [0.5, 0.6) is 0 Å². The largest absolute Gasteiger partial charge is 0.310 e. The predicted octanol–water partition coefficient (Wildman–Crippen LogP) is 14.1. The summed E-state index contributed by atoms with van der Waals surface area (Å²) < 4.78 is 0. The molecule has 0 amide bonds. The zero-order valence-electron chi connectivity index (χ0n) is 28.0. The van der Waals surface area contributed by atoms with Gasteiger partial charge in [-0.05, 0) is 126 Å². The third-order valence-electron chi connectivity index (χ3n) is 10.4. The van der Waals surface area contributed by atoms with Gasteiger partial charge in [-0.25, -0.2) is 0 Å². The molecule has 0 aliphatic heterocycles. The van der Waals surface area contributed by atoms with Crippen LogP contribution < -0.4 is 4.90 Å². The van der Waals surface area contributed by atoms with Crippen molar-refractivity contribution in [2.75, 3.05) is 4.90 Å². The lowest BCUT2D eigenvalue weighted by molar-refractivity contribution is 1.30. The molecule has 0 atom stereocenters. The zero-order valence-corrected chi connectivity index (χ0v) is 28.0. The summed E-state index contributed by atoms with van der Waals surface area (Å²) >= 11 is 0. The number of rotatable bonds is 6. The van der Waals surface area contributed by atoms with Crippen LogP contribution in [0.4, 0.5) is 17.1 Å². The van der Waals surface area contributed by atoms with Crippen LogP contribution >= 0.6 is 0 Å². The number of hydrogen-bond acceptors (Lipinski definition) is 1. The monoisotopic (exact) mass is 647 g/mol. The average Bonchev–Trinajstić information content (AvgIpc) is 3.21. The molecule has 0 heterocycles. The van der Waals surface area contributed by atoms with Gasteiger partial charge in [-0.15, -0.1) is 0 Å². The predicted molar refractivity (Wildman–Crippen MR) is 217 cm³/mol. The molecule has 9 aromatic rings. The molecular formula is C50H33N. The lowest BCUT2D eigenvalue weighted by Crippen LogP contribution is -2.11. The summed E-state index contributed by atoms with van der Waals surface area (Å²) in [5.41, 5.74) is 16.0. The summed E-state index contributed by atoms with van der Waals surface area (Å²) in [6, 6.07) is 72.9. The lowest BCUT2D eigenvalue weighted by Gasteiger charge is -2.30. The quantitative estimate of drug-likeness (QED) is 0.174. The van der Waals surface area contributed by atoms with Crippen molar-refractivity contribution in [1.82, 2.24) is 0 Å². The maximum atomic E-state index is 2.41. The Labute approximate surface area is 298 Å². The van der Waals surface area contributed by atoms with Crippen molar-refractivity contribution < 1.29 is 0 Å². The van der Waals surface area contributed by atoms with Crippen molar-refractivity contribution in [3.63, 3.8) is 0 Å². The number of fused-ring (bicyclic) bond motifs is 6. The van der Waals surface area contributed by atoms with Crippen LogP contribution in [0.25, 0.3) is 77.2 Å². The molecule has 0 radical (unpaired) electrons. The van der Waals surface area contributed by atoms with Crippen LogP contribution in [-0.2, 0) is 0 Å². The molecule has 10 rings (SSSR count). The molecule has 0 N–H and O–H groups in total. The first-order valence-electron chi connectivity index (χ1n) is 17.6. The first-order chi connectivity index (χ1) is 25.3. The Bertz CT molecular complexity index is 2690. The zero-order chi connectivity index (χ0) is 33.7. The highest BCUT2D eigenvalue weighted by Crippen LogP contribution is 2.52. The summed E-state index contributed by atoms with van der Waals surface area (Å²) in [6.45, 7) is 0. The highest BCUT2D eigenvalue weighted by atomic mass is 15.1. The van der Waals surface area contributed by atoms with Crippen molar-refractivity contribution >= 4 is 38.6 Å². The van der Waals surface area contributed by atoms with Gasteiger partial charge in [-0.1, -0.05) is 146 Å². The minimum Gasteiger partial charge on any atom is -0.310 e. The third kappa shape index (κ3) is 5.10. The van der Waals surface area contributed by atoms with E-state index in [1.54, 1.807) is 0 Å². The van der Waals surface area contributed by atoms with Crippen molar-refractivity contribution in [2.24, 2.45) is 0 Å². The second kappa shape index (κ2) is 12.0. The normalized spacial score (nSPS) is 11.5. The molecule has 0 aromatic heterocycles. The molecule has 238 valence electrons. The van der Waals surface area contributed by atoms with Gasteiger partial charge in [-0.2, -0.15) is 0 Å². The molecule has 0 bridgehead atoms. The van der Waals surface area contributed by atoms with Gasteiger partial charge in [0.25, 0.3) is 0 Å². The molecule has 1 nitrogen and oxygen atoms in total. The molecule has 0 unspecified atom stereocenters. The highest BCUT2D eigenvalue weighted by molar-refractivity contribution is 6.14. The molecular weight excluding hydrogens is 615 g/mol. The fourth-order valence-electron chi connectivity index (χ4n) is 7.72. The number of hydrogen-bond donors (Lipinski definition) is 0. The van der Waals surface area contributed by atoms with Crippen LogP contribution in [0.2, 0.25) is 0 Å². The van der Waals surface area contributed by atoms with Gasteiger partial charge < -0.3 is 4.90 Å². The molecule has 1 aliphatic carbocycles. The summed E-state index contributed by atoms with van der Waals surface area (Å²) in [7, 11) is 0. The maximum Gasteiger partial charge on any atom is 0.0540 e. The second-order valence-electron chi connectivity index (χ2n) is 13.4. The van der Waals surface area contributed by atoms with Crippen molar-refractivity contribution in [3.05, 3.63) is 200 Å². The number of benzene rings is 9. The third-order valence-corrected chi connectivity index (χ3v) is 10.4. The van der Waals surface area contributed by atoms with Crippen molar-refractivity contribution in [2.45, 2.75) is 0 Å². The molecule has 1 aliphatic rings. The van der Waals surface area contributed by atoms with Crippen LogP contribution in [-0.4, -0.2) is 0 Å². The fraction of sp³-hybridized carbons (Fsp3) is 0. The Hall–Kier alpha value is -6.70. The lowest BCUT2D eigenvalue weighted by atomic mass is 9.78. The van der Waals surface area contributed by atoms with E-state index in [0.29, 0.717) is 0 Å². The summed E-state index contributed by atoms with van der Waals surface area (Å²) in [5.74, 6) is 0. The van der Waals surface area contributed by atoms with Crippen LogP contribution in [0.3, 0.4) is 0 Å². The van der Waals surface area contributed by atoms with Crippen LogP contribution in [0, 0.1) is 0 Å². The van der Waals surface area contributed by atoms with Crippen LogP contribution in [0.1, 0.15) is 0 Å². The van der Waals surface area contributed by atoms with E-state index in [9.17, 15) is 0 Å².